The predicted octanol–water partition coefficient (Wildman–Crippen LogP) is 3.38. The Bertz CT molecular complexity index is 554. The quantitative estimate of drug-likeness (QED) is 0.945. The highest BCUT2D eigenvalue weighted by atomic mass is 79.9. The smallest absolute Gasteiger partial charge is 0.147 e. The molecule has 0 aliphatic heterocycles. The molecule has 0 aliphatic carbocycles. The van der Waals surface area contributed by atoms with Crippen LogP contribution in [0.15, 0.2) is 41.0 Å². The summed E-state index contributed by atoms with van der Waals surface area (Å²) in [5.41, 5.74) is 9.09. The summed E-state index contributed by atoms with van der Waals surface area (Å²) in [7, 11) is 2.00. The summed E-state index contributed by atoms with van der Waals surface area (Å²) in [6.45, 7) is 2.54. The average molecular weight is 306 g/mol. The van der Waals surface area contributed by atoms with Crippen LogP contribution in [0.4, 0.5) is 11.5 Å². The monoisotopic (exact) mass is 305 g/mol. The molecule has 0 amide bonds. The third kappa shape index (κ3) is 2.54. The fourth-order valence-electron chi connectivity index (χ4n) is 1.90. The average Bonchev–Trinajstić information content (AvgIpc) is 2.38. The van der Waals surface area contributed by atoms with E-state index in [-0.39, 0.29) is 0 Å². The molecule has 3 nitrogen and oxygen atoms in total. The van der Waals surface area contributed by atoms with Crippen molar-refractivity contribution in [3.63, 3.8) is 0 Å². The first-order chi connectivity index (χ1) is 8.63. The van der Waals surface area contributed by atoms with Crippen LogP contribution in [0.2, 0.25) is 0 Å². The molecule has 1 aromatic carbocycles. The first kappa shape index (κ1) is 13.1. The minimum absolute atomic E-state index is 0.518. The number of pyridine rings is 1. The van der Waals surface area contributed by atoms with E-state index in [0.717, 1.165) is 27.1 Å². The van der Waals surface area contributed by atoms with Gasteiger partial charge in [0.1, 0.15) is 5.82 Å². The van der Waals surface area contributed by atoms with Gasteiger partial charge < -0.3 is 10.6 Å². The van der Waals surface area contributed by atoms with Crippen molar-refractivity contribution >= 4 is 27.4 Å². The summed E-state index contributed by atoms with van der Waals surface area (Å²) in [6.07, 6.45) is 1.86. The highest BCUT2D eigenvalue weighted by molar-refractivity contribution is 9.10. The lowest BCUT2D eigenvalue weighted by molar-refractivity contribution is 1.03. The molecular formula is C14H16BrN3. The molecule has 0 atom stereocenters. The normalized spacial score (nSPS) is 10.4. The zero-order chi connectivity index (χ0) is 13.1. The van der Waals surface area contributed by atoms with Crippen LogP contribution < -0.4 is 10.6 Å². The Morgan fingerprint density at radius 1 is 1.33 bits per heavy atom. The fraction of sp³-hybridized carbons (Fsp3) is 0.214. The van der Waals surface area contributed by atoms with Gasteiger partial charge in [0.25, 0.3) is 0 Å². The summed E-state index contributed by atoms with van der Waals surface area (Å²) < 4.78 is 0.983. The Balaban J connectivity index is 2.44. The largest absolute Gasteiger partial charge is 0.328 e. The van der Waals surface area contributed by atoms with Crippen LogP contribution in [-0.2, 0) is 6.54 Å². The highest BCUT2D eigenvalue weighted by Crippen LogP contribution is 2.31. The number of benzene rings is 1. The molecule has 1 aromatic heterocycles. The van der Waals surface area contributed by atoms with E-state index in [9.17, 15) is 0 Å². The molecule has 2 N–H and O–H groups in total. The molecule has 0 bridgehead atoms. The van der Waals surface area contributed by atoms with Gasteiger partial charge in [0, 0.05) is 25.5 Å². The number of halogens is 1. The van der Waals surface area contributed by atoms with Crippen LogP contribution in [0.25, 0.3) is 0 Å². The van der Waals surface area contributed by atoms with E-state index in [0.29, 0.717) is 6.54 Å². The first-order valence-electron chi connectivity index (χ1n) is 5.77. The van der Waals surface area contributed by atoms with Crippen molar-refractivity contribution in [2.45, 2.75) is 13.5 Å². The lowest BCUT2D eigenvalue weighted by Gasteiger charge is -2.22. The van der Waals surface area contributed by atoms with Crippen molar-refractivity contribution in [1.29, 1.82) is 0 Å². The van der Waals surface area contributed by atoms with Crippen LogP contribution in [0, 0.1) is 6.92 Å². The SMILES string of the molecule is Cc1cnc(N(C)c2ccccc2CN)c(Br)c1. The van der Waals surface area contributed by atoms with E-state index < -0.39 is 0 Å². The maximum Gasteiger partial charge on any atom is 0.147 e. The number of nitrogens with two attached hydrogens (primary N) is 1. The second kappa shape index (κ2) is 5.50. The van der Waals surface area contributed by atoms with Gasteiger partial charge in [-0.2, -0.15) is 0 Å². The Kier molecular flexibility index (Phi) is 3.99. The second-order valence-corrected chi connectivity index (χ2v) is 5.06. The number of para-hydroxylation sites is 1. The molecule has 0 radical (unpaired) electrons. The molecule has 4 heteroatoms. The summed E-state index contributed by atoms with van der Waals surface area (Å²) in [5.74, 6) is 0.890. The first-order valence-corrected chi connectivity index (χ1v) is 6.56. The zero-order valence-electron chi connectivity index (χ0n) is 10.5. The van der Waals surface area contributed by atoms with E-state index in [2.05, 4.69) is 33.0 Å². The highest BCUT2D eigenvalue weighted by Gasteiger charge is 2.12. The minimum atomic E-state index is 0.518. The maximum absolute atomic E-state index is 5.77. The van der Waals surface area contributed by atoms with Gasteiger partial charge in [-0.25, -0.2) is 4.98 Å². The number of hydrogen-bond donors (Lipinski definition) is 1. The lowest BCUT2D eigenvalue weighted by atomic mass is 10.1. The molecule has 2 rings (SSSR count). The third-order valence-electron chi connectivity index (χ3n) is 2.85. The van der Waals surface area contributed by atoms with Crippen molar-refractivity contribution in [3.8, 4) is 0 Å². The molecule has 0 aliphatic rings. The Hall–Kier alpha value is -1.39. The molecule has 2 aromatic rings. The zero-order valence-corrected chi connectivity index (χ0v) is 12.1. The van der Waals surface area contributed by atoms with Gasteiger partial charge >= 0.3 is 0 Å². The standard InChI is InChI=1S/C14H16BrN3/c1-10-7-12(15)14(17-9-10)18(2)13-6-4-3-5-11(13)8-16/h3-7,9H,8,16H2,1-2H3. The number of hydrogen-bond acceptors (Lipinski definition) is 3. The van der Waals surface area contributed by atoms with Gasteiger partial charge in [0.15, 0.2) is 0 Å². The topological polar surface area (TPSA) is 42.2 Å². The molecule has 18 heavy (non-hydrogen) atoms. The third-order valence-corrected chi connectivity index (χ3v) is 3.43. The van der Waals surface area contributed by atoms with Crippen molar-refractivity contribution in [3.05, 3.63) is 52.1 Å². The second-order valence-electron chi connectivity index (χ2n) is 4.21. The van der Waals surface area contributed by atoms with Gasteiger partial charge in [0.2, 0.25) is 0 Å². The van der Waals surface area contributed by atoms with E-state index in [4.69, 9.17) is 5.73 Å². The molecule has 1 heterocycles. The van der Waals surface area contributed by atoms with Gasteiger partial charge in [-0.1, -0.05) is 18.2 Å². The van der Waals surface area contributed by atoms with Crippen LogP contribution >= 0.6 is 15.9 Å². The van der Waals surface area contributed by atoms with E-state index >= 15 is 0 Å². The number of aryl methyl sites for hydroxylation is 1. The van der Waals surface area contributed by atoms with Gasteiger partial charge in [-0.3, -0.25) is 0 Å². The van der Waals surface area contributed by atoms with E-state index in [1.54, 1.807) is 0 Å². The summed E-state index contributed by atoms with van der Waals surface area (Å²) in [4.78, 5) is 6.52. The van der Waals surface area contributed by atoms with E-state index in [1.165, 1.54) is 0 Å². The van der Waals surface area contributed by atoms with Crippen LogP contribution in [0.3, 0.4) is 0 Å². The van der Waals surface area contributed by atoms with Crippen LogP contribution in [0.5, 0.6) is 0 Å². The summed E-state index contributed by atoms with van der Waals surface area (Å²) in [5, 5.41) is 0. The molecular weight excluding hydrogens is 290 g/mol. The Labute approximate surface area is 116 Å². The van der Waals surface area contributed by atoms with Crippen molar-refractivity contribution in [1.82, 2.24) is 4.98 Å². The molecule has 0 spiro atoms. The van der Waals surface area contributed by atoms with Gasteiger partial charge in [0.05, 0.1) is 4.47 Å². The van der Waals surface area contributed by atoms with Crippen LogP contribution in [-0.4, -0.2) is 12.0 Å². The van der Waals surface area contributed by atoms with E-state index in [1.807, 2.05) is 43.3 Å². The molecule has 0 fully saturated rings. The number of rotatable bonds is 3. The maximum atomic E-state index is 5.77. The lowest BCUT2D eigenvalue weighted by Crippen LogP contribution is -2.15. The Morgan fingerprint density at radius 2 is 2.06 bits per heavy atom. The number of nitrogens with zero attached hydrogens (tertiary/aromatic N) is 2. The predicted molar refractivity (Wildman–Crippen MR) is 79.1 cm³/mol. The fourth-order valence-corrected chi connectivity index (χ4v) is 2.63. The van der Waals surface area contributed by atoms with Crippen molar-refractivity contribution in [2.24, 2.45) is 5.73 Å². The molecule has 94 valence electrons. The Morgan fingerprint density at radius 3 is 2.72 bits per heavy atom. The molecule has 0 saturated carbocycles. The molecule has 0 unspecified atom stereocenters. The van der Waals surface area contributed by atoms with Crippen molar-refractivity contribution in [2.75, 3.05) is 11.9 Å². The van der Waals surface area contributed by atoms with Crippen LogP contribution in [0.1, 0.15) is 11.1 Å². The van der Waals surface area contributed by atoms with Crippen molar-refractivity contribution < 1.29 is 0 Å². The molecule has 0 saturated heterocycles. The summed E-state index contributed by atoms with van der Waals surface area (Å²) in [6, 6.07) is 10.2. The number of aromatic nitrogens is 1. The van der Waals surface area contributed by atoms with Gasteiger partial charge in [-0.05, 0) is 46.1 Å². The minimum Gasteiger partial charge on any atom is -0.328 e. The van der Waals surface area contributed by atoms with Gasteiger partial charge in [-0.15, -0.1) is 0 Å². The summed E-state index contributed by atoms with van der Waals surface area (Å²) >= 11 is 3.56. The number of anilines is 2.